The molecule has 0 bridgehead atoms. The molecule has 0 aromatic rings. The molecule has 0 aliphatic carbocycles. The molecule has 0 fully saturated rings. The van der Waals surface area contributed by atoms with Gasteiger partial charge in [-0.25, -0.2) is 4.39 Å². The molecule has 1 atom stereocenters. The zero-order valence-electron chi connectivity index (χ0n) is 6.88. The predicted octanol–water partition coefficient (Wildman–Crippen LogP) is 1.03. The van der Waals surface area contributed by atoms with Gasteiger partial charge in [-0.2, -0.15) is 0 Å². The Morgan fingerprint density at radius 1 is 1.67 bits per heavy atom. The second-order valence-electron chi connectivity index (χ2n) is 2.09. The Bertz CT molecular complexity index is 189. The quantitative estimate of drug-likeness (QED) is 0.355. The topological polar surface area (TPSA) is 43.4 Å². The Balaban J connectivity index is 3.83. The molecule has 1 unspecified atom stereocenters. The van der Waals surface area contributed by atoms with Gasteiger partial charge in [0.2, 0.25) is 0 Å². The van der Waals surface area contributed by atoms with E-state index in [1.54, 1.807) is 6.92 Å². The zero-order chi connectivity index (χ0) is 9.56. The molecule has 0 saturated heterocycles. The van der Waals surface area contributed by atoms with Crippen LogP contribution in [0, 0.1) is 0 Å². The lowest BCUT2D eigenvalue weighted by Gasteiger charge is -2.01. The van der Waals surface area contributed by atoms with Crippen LogP contribution >= 0.6 is 0 Å². The van der Waals surface area contributed by atoms with Crippen LogP contribution in [0.1, 0.15) is 13.3 Å². The summed E-state index contributed by atoms with van der Waals surface area (Å²) < 4.78 is 16.9. The minimum absolute atomic E-state index is 0.192. The second-order valence-corrected chi connectivity index (χ2v) is 2.09. The van der Waals surface area contributed by atoms with Crippen LogP contribution in [-0.4, -0.2) is 24.5 Å². The van der Waals surface area contributed by atoms with Crippen LogP contribution in [0.2, 0.25) is 0 Å². The van der Waals surface area contributed by atoms with Gasteiger partial charge in [0.15, 0.2) is 12.0 Å². The predicted molar refractivity (Wildman–Crippen MR) is 41.4 cm³/mol. The largest absolute Gasteiger partial charge is 0.466 e. The van der Waals surface area contributed by atoms with E-state index in [1.165, 1.54) is 0 Å². The van der Waals surface area contributed by atoms with Crippen molar-refractivity contribution in [2.75, 3.05) is 6.61 Å². The lowest BCUT2D eigenvalue weighted by molar-refractivity contribution is -0.146. The molecule has 4 heteroatoms. The first-order chi connectivity index (χ1) is 5.61. The van der Waals surface area contributed by atoms with Crippen LogP contribution in [0.3, 0.4) is 0 Å². The monoisotopic (exact) mass is 174 g/mol. The maximum absolute atomic E-state index is 12.5. The molecule has 12 heavy (non-hydrogen) atoms. The fourth-order valence-electron chi connectivity index (χ4n) is 0.583. The first-order valence-electron chi connectivity index (χ1n) is 3.56. The number of allylic oxidation sites excluding steroid dienone is 1. The van der Waals surface area contributed by atoms with Crippen molar-refractivity contribution < 1.29 is 18.7 Å². The van der Waals surface area contributed by atoms with E-state index in [1.807, 2.05) is 0 Å². The third kappa shape index (κ3) is 3.85. The van der Waals surface area contributed by atoms with Crippen LogP contribution in [0.15, 0.2) is 12.7 Å². The number of Topliss-reactive ketones (excluding diaryl/α,β-unsaturated/α-hetero) is 1. The van der Waals surface area contributed by atoms with E-state index in [-0.39, 0.29) is 6.61 Å². The molecular weight excluding hydrogens is 163 g/mol. The fourth-order valence-corrected chi connectivity index (χ4v) is 0.583. The van der Waals surface area contributed by atoms with E-state index < -0.39 is 24.3 Å². The Labute approximate surface area is 70.2 Å². The van der Waals surface area contributed by atoms with Crippen molar-refractivity contribution >= 4 is 11.8 Å². The molecule has 0 aliphatic rings. The molecule has 0 heterocycles. The average Bonchev–Trinajstić information content (AvgIpc) is 2.03. The number of carbonyl (C=O) groups is 2. The van der Waals surface area contributed by atoms with E-state index in [0.717, 1.165) is 6.08 Å². The summed E-state index contributed by atoms with van der Waals surface area (Å²) in [5.41, 5.74) is 0. The number of alkyl halides is 1. The fraction of sp³-hybridized carbons (Fsp3) is 0.500. The molecule has 0 rings (SSSR count). The normalized spacial score (nSPS) is 11.8. The van der Waals surface area contributed by atoms with Gasteiger partial charge in [0.05, 0.1) is 6.61 Å². The van der Waals surface area contributed by atoms with E-state index in [9.17, 15) is 14.0 Å². The van der Waals surface area contributed by atoms with Gasteiger partial charge in [-0.15, -0.1) is 0 Å². The summed E-state index contributed by atoms with van der Waals surface area (Å²) in [7, 11) is 0. The lowest BCUT2D eigenvalue weighted by atomic mass is 10.2. The Morgan fingerprint density at radius 3 is 2.67 bits per heavy atom. The first kappa shape index (κ1) is 10.8. The third-order valence-electron chi connectivity index (χ3n) is 1.14. The van der Waals surface area contributed by atoms with Gasteiger partial charge in [0.1, 0.15) is 6.42 Å². The molecule has 0 aliphatic heterocycles. The van der Waals surface area contributed by atoms with Crippen molar-refractivity contribution in [1.82, 2.24) is 0 Å². The van der Waals surface area contributed by atoms with Crippen molar-refractivity contribution in [2.24, 2.45) is 0 Å². The molecule has 0 aromatic heterocycles. The summed E-state index contributed by atoms with van der Waals surface area (Å²) in [5, 5.41) is 0. The maximum Gasteiger partial charge on any atom is 0.313 e. The number of esters is 1. The SMILES string of the molecule is C=CC(F)C(=O)CC(=O)OCC. The van der Waals surface area contributed by atoms with Crippen molar-refractivity contribution in [1.29, 1.82) is 0 Å². The van der Waals surface area contributed by atoms with Crippen molar-refractivity contribution in [3.05, 3.63) is 12.7 Å². The van der Waals surface area contributed by atoms with Gasteiger partial charge in [-0.1, -0.05) is 12.7 Å². The number of ether oxygens (including phenoxy) is 1. The van der Waals surface area contributed by atoms with Crippen LogP contribution in [0.25, 0.3) is 0 Å². The highest BCUT2D eigenvalue weighted by molar-refractivity contribution is 5.98. The number of hydrogen-bond donors (Lipinski definition) is 0. The molecule has 0 spiro atoms. The van der Waals surface area contributed by atoms with E-state index >= 15 is 0 Å². The number of halogens is 1. The van der Waals surface area contributed by atoms with Crippen LogP contribution in [-0.2, 0) is 14.3 Å². The molecular formula is C8H11FO3. The lowest BCUT2D eigenvalue weighted by Crippen LogP contribution is -2.18. The molecule has 0 amide bonds. The highest BCUT2D eigenvalue weighted by atomic mass is 19.1. The minimum atomic E-state index is -1.77. The number of rotatable bonds is 5. The van der Waals surface area contributed by atoms with Gasteiger partial charge >= 0.3 is 5.97 Å². The van der Waals surface area contributed by atoms with Gasteiger partial charge in [0.25, 0.3) is 0 Å². The van der Waals surface area contributed by atoms with E-state index in [2.05, 4.69) is 11.3 Å². The average molecular weight is 174 g/mol. The minimum Gasteiger partial charge on any atom is -0.466 e. The standard InChI is InChI=1S/C8H11FO3/c1-3-6(9)7(10)5-8(11)12-4-2/h3,6H,1,4-5H2,2H3. The number of hydrogen-bond acceptors (Lipinski definition) is 3. The molecule has 3 nitrogen and oxygen atoms in total. The van der Waals surface area contributed by atoms with Gasteiger partial charge in [-0.05, 0) is 6.92 Å². The van der Waals surface area contributed by atoms with Crippen LogP contribution in [0.5, 0.6) is 0 Å². The zero-order valence-corrected chi connectivity index (χ0v) is 6.88. The van der Waals surface area contributed by atoms with Crippen molar-refractivity contribution in [3.8, 4) is 0 Å². The summed E-state index contributed by atoms with van der Waals surface area (Å²) in [6.07, 6.45) is -1.45. The molecule has 0 aromatic carbocycles. The smallest absolute Gasteiger partial charge is 0.313 e. The van der Waals surface area contributed by atoms with Crippen LogP contribution < -0.4 is 0 Å². The highest BCUT2D eigenvalue weighted by Crippen LogP contribution is 1.99. The Kier molecular flexibility index (Phi) is 4.92. The van der Waals surface area contributed by atoms with E-state index in [0.29, 0.717) is 0 Å². The van der Waals surface area contributed by atoms with Gasteiger partial charge in [0, 0.05) is 0 Å². The van der Waals surface area contributed by atoms with Crippen LogP contribution in [0.4, 0.5) is 4.39 Å². The first-order valence-corrected chi connectivity index (χ1v) is 3.56. The van der Waals surface area contributed by atoms with Crippen molar-refractivity contribution in [3.63, 3.8) is 0 Å². The number of carbonyl (C=O) groups excluding carboxylic acids is 2. The van der Waals surface area contributed by atoms with Gasteiger partial charge < -0.3 is 4.74 Å². The molecule has 0 radical (unpaired) electrons. The molecule has 0 N–H and O–H groups in total. The summed E-state index contributed by atoms with van der Waals surface area (Å²) in [5.74, 6) is -1.52. The third-order valence-corrected chi connectivity index (χ3v) is 1.14. The number of ketones is 1. The summed E-state index contributed by atoms with van der Waals surface area (Å²) in [6.45, 7) is 4.89. The molecule has 0 saturated carbocycles. The second kappa shape index (κ2) is 5.46. The van der Waals surface area contributed by atoms with E-state index in [4.69, 9.17) is 0 Å². The summed E-state index contributed by atoms with van der Waals surface area (Å²) >= 11 is 0. The maximum atomic E-state index is 12.5. The van der Waals surface area contributed by atoms with Gasteiger partial charge in [-0.3, -0.25) is 9.59 Å². The highest BCUT2D eigenvalue weighted by Gasteiger charge is 2.17. The Hall–Kier alpha value is -1.19. The molecule has 68 valence electrons. The summed E-state index contributed by atoms with van der Waals surface area (Å²) in [4.78, 5) is 21.3. The van der Waals surface area contributed by atoms with Crippen molar-refractivity contribution in [2.45, 2.75) is 19.5 Å². The Morgan fingerprint density at radius 2 is 2.25 bits per heavy atom. The summed E-state index contributed by atoms with van der Waals surface area (Å²) in [6, 6.07) is 0.